The highest BCUT2D eigenvalue weighted by Gasteiger charge is 2.16. The molecule has 0 aromatic carbocycles. The lowest BCUT2D eigenvalue weighted by atomic mass is 10.0. The summed E-state index contributed by atoms with van der Waals surface area (Å²) in [6.07, 6.45) is 8.95. The number of aryl methyl sites for hydroxylation is 2. The van der Waals surface area contributed by atoms with Gasteiger partial charge in [0, 0.05) is 13.6 Å². The van der Waals surface area contributed by atoms with Gasteiger partial charge in [-0.2, -0.15) is 5.10 Å². The largest absolute Gasteiger partial charge is 0.394 e. The smallest absolute Gasteiger partial charge is 0.147 e. The van der Waals surface area contributed by atoms with E-state index in [1.807, 2.05) is 11.7 Å². The van der Waals surface area contributed by atoms with E-state index in [4.69, 9.17) is 5.73 Å². The van der Waals surface area contributed by atoms with Gasteiger partial charge in [-0.1, -0.05) is 39.0 Å². The summed E-state index contributed by atoms with van der Waals surface area (Å²) in [5, 5.41) is 7.94. The van der Waals surface area contributed by atoms with Crippen LogP contribution >= 0.6 is 0 Å². The third-order valence-electron chi connectivity index (χ3n) is 3.97. The van der Waals surface area contributed by atoms with Crippen molar-refractivity contribution in [2.45, 2.75) is 51.9 Å². The van der Waals surface area contributed by atoms with Crippen LogP contribution in [0.1, 0.15) is 51.1 Å². The molecular weight excluding hydrogens is 224 g/mol. The number of nitrogens with one attached hydrogen (secondary N) is 1. The molecule has 0 saturated heterocycles. The maximum atomic E-state index is 6.14. The molecule has 1 aromatic rings. The van der Waals surface area contributed by atoms with Gasteiger partial charge in [-0.3, -0.25) is 4.68 Å². The molecule has 0 aliphatic heterocycles. The normalized spacial score (nSPS) is 16.3. The Morgan fingerprint density at radius 3 is 2.78 bits per heavy atom. The fourth-order valence-electron chi connectivity index (χ4n) is 2.92. The van der Waals surface area contributed by atoms with Gasteiger partial charge >= 0.3 is 0 Å². The molecule has 1 aliphatic carbocycles. The Labute approximate surface area is 110 Å². The first-order valence-corrected chi connectivity index (χ1v) is 7.27. The Morgan fingerprint density at radius 1 is 1.39 bits per heavy atom. The van der Waals surface area contributed by atoms with Gasteiger partial charge in [-0.15, -0.1) is 0 Å². The highest BCUT2D eigenvalue weighted by molar-refractivity contribution is 5.64. The van der Waals surface area contributed by atoms with Crippen LogP contribution in [0.4, 0.5) is 11.5 Å². The molecule has 1 fully saturated rings. The minimum Gasteiger partial charge on any atom is -0.394 e. The van der Waals surface area contributed by atoms with Crippen molar-refractivity contribution in [3.63, 3.8) is 0 Å². The van der Waals surface area contributed by atoms with Crippen LogP contribution in [-0.2, 0) is 13.5 Å². The van der Waals surface area contributed by atoms with Crippen molar-refractivity contribution in [2.75, 3.05) is 17.6 Å². The molecule has 1 saturated carbocycles. The molecule has 1 heterocycles. The van der Waals surface area contributed by atoms with Crippen LogP contribution in [0.5, 0.6) is 0 Å². The van der Waals surface area contributed by atoms with E-state index < -0.39 is 0 Å². The molecule has 0 unspecified atom stereocenters. The van der Waals surface area contributed by atoms with E-state index >= 15 is 0 Å². The molecule has 0 spiro atoms. The molecule has 0 atom stereocenters. The topological polar surface area (TPSA) is 55.9 Å². The summed E-state index contributed by atoms with van der Waals surface area (Å²) in [5.41, 5.74) is 8.01. The molecule has 4 heteroatoms. The van der Waals surface area contributed by atoms with E-state index in [1.54, 1.807) is 0 Å². The summed E-state index contributed by atoms with van der Waals surface area (Å²) < 4.78 is 1.88. The van der Waals surface area contributed by atoms with Crippen LogP contribution in [0.3, 0.4) is 0 Å². The number of anilines is 2. The number of nitrogens with zero attached hydrogens (tertiary/aromatic N) is 2. The summed E-state index contributed by atoms with van der Waals surface area (Å²) in [5.74, 6) is 1.92. The molecule has 2 rings (SSSR count). The number of rotatable bonds is 6. The zero-order chi connectivity index (χ0) is 13.0. The molecular formula is C14H26N4. The average Bonchev–Trinajstić information content (AvgIpc) is 2.93. The quantitative estimate of drug-likeness (QED) is 0.816. The molecule has 0 bridgehead atoms. The first kappa shape index (κ1) is 13.2. The van der Waals surface area contributed by atoms with Gasteiger partial charge in [0.05, 0.1) is 11.4 Å². The number of hydrogen-bond acceptors (Lipinski definition) is 3. The van der Waals surface area contributed by atoms with Gasteiger partial charge in [-0.25, -0.2) is 0 Å². The van der Waals surface area contributed by atoms with Crippen LogP contribution < -0.4 is 11.1 Å². The van der Waals surface area contributed by atoms with E-state index in [-0.39, 0.29) is 0 Å². The Kier molecular flexibility index (Phi) is 4.50. The molecule has 0 radical (unpaired) electrons. The van der Waals surface area contributed by atoms with Crippen LogP contribution in [0, 0.1) is 5.92 Å². The van der Waals surface area contributed by atoms with Gasteiger partial charge in [-0.05, 0) is 18.8 Å². The third kappa shape index (κ3) is 2.98. The van der Waals surface area contributed by atoms with Crippen molar-refractivity contribution in [1.29, 1.82) is 0 Å². The van der Waals surface area contributed by atoms with Crippen LogP contribution in [0.15, 0.2) is 0 Å². The van der Waals surface area contributed by atoms with Crippen molar-refractivity contribution >= 4 is 11.5 Å². The summed E-state index contributed by atoms with van der Waals surface area (Å²) >= 11 is 0. The zero-order valence-electron chi connectivity index (χ0n) is 11.7. The number of aromatic nitrogens is 2. The predicted molar refractivity (Wildman–Crippen MR) is 76.7 cm³/mol. The maximum Gasteiger partial charge on any atom is 0.147 e. The lowest BCUT2D eigenvalue weighted by molar-refractivity contribution is 0.517. The minimum atomic E-state index is 0.839. The highest BCUT2D eigenvalue weighted by Crippen LogP contribution is 2.28. The van der Waals surface area contributed by atoms with Crippen molar-refractivity contribution < 1.29 is 0 Å². The molecule has 1 aliphatic rings. The number of hydrogen-bond donors (Lipinski definition) is 2. The van der Waals surface area contributed by atoms with Gasteiger partial charge < -0.3 is 11.1 Å². The van der Waals surface area contributed by atoms with E-state index in [2.05, 4.69) is 17.3 Å². The van der Waals surface area contributed by atoms with Crippen LogP contribution in [0.2, 0.25) is 0 Å². The third-order valence-corrected chi connectivity index (χ3v) is 3.97. The maximum absolute atomic E-state index is 6.14. The number of nitrogens with two attached hydrogens (primary N) is 1. The van der Waals surface area contributed by atoms with E-state index in [0.717, 1.165) is 42.5 Å². The first-order valence-electron chi connectivity index (χ1n) is 7.27. The summed E-state index contributed by atoms with van der Waals surface area (Å²) in [6, 6.07) is 0. The monoisotopic (exact) mass is 250 g/mol. The fraction of sp³-hybridized carbons (Fsp3) is 0.786. The van der Waals surface area contributed by atoms with Crippen molar-refractivity contribution in [3.8, 4) is 0 Å². The van der Waals surface area contributed by atoms with Crippen LogP contribution in [0.25, 0.3) is 0 Å². The minimum absolute atomic E-state index is 0.839. The second-order valence-electron chi connectivity index (χ2n) is 5.45. The van der Waals surface area contributed by atoms with Crippen molar-refractivity contribution in [3.05, 3.63) is 5.69 Å². The number of nitrogen functional groups attached to an aromatic ring is 1. The molecule has 1 aromatic heterocycles. The Balaban J connectivity index is 1.87. The lowest BCUT2D eigenvalue weighted by Crippen LogP contribution is -2.10. The summed E-state index contributed by atoms with van der Waals surface area (Å²) in [7, 11) is 1.97. The Bertz CT molecular complexity index is 377. The molecule has 18 heavy (non-hydrogen) atoms. The molecule has 3 N–H and O–H groups in total. The van der Waals surface area contributed by atoms with Crippen molar-refractivity contribution in [2.24, 2.45) is 13.0 Å². The fourth-order valence-corrected chi connectivity index (χ4v) is 2.92. The Morgan fingerprint density at radius 2 is 2.11 bits per heavy atom. The SMILES string of the molecule is CCCc1nn(C)c(NCCC2CCCC2)c1N. The van der Waals surface area contributed by atoms with E-state index in [0.29, 0.717) is 0 Å². The van der Waals surface area contributed by atoms with E-state index in [1.165, 1.54) is 32.1 Å². The van der Waals surface area contributed by atoms with Gasteiger partial charge in [0.1, 0.15) is 5.82 Å². The molecule has 102 valence electrons. The Hall–Kier alpha value is -1.19. The average molecular weight is 250 g/mol. The molecule has 4 nitrogen and oxygen atoms in total. The second kappa shape index (κ2) is 6.12. The summed E-state index contributed by atoms with van der Waals surface area (Å²) in [4.78, 5) is 0. The van der Waals surface area contributed by atoms with Gasteiger partial charge in [0.25, 0.3) is 0 Å². The lowest BCUT2D eigenvalue weighted by Gasteiger charge is -2.11. The standard InChI is InChI=1S/C14H26N4/c1-3-6-12-13(15)14(18(2)17-12)16-10-9-11-7-4-5-8-11/h11,16H,3-10,15H2,1-2H3. The predicted octanol–water partition coefficient (Wildman–Crippen LogP) is 2.95. The van der Waals surface area contributed by atoms with Gasteiger partial charge in [0.15, 0.2) is 0 Å². The van der Waals surface area contributed by atoms with Gasteiger partial charge in [0.2, 0.25) is 0 Å². The first-order chi connectivity index (χ1) is 8.72. The van der Waals surface area contributed by atoms with E-state index in [9.17, 15) is 0 Å². The second-order valence-corrected chi connectivity index (χ2v) is 5.45. The summed E-state index contributed by atoms with van der Waals surface area (Å²) in [6.45, 7) is 3.17. The van der Waals surface area contributed by atoms with Crippen molar-refractivity contribution in [1.82, 2.24) is 9.78 Å². The highest BCUT2D eigenvalue weighted by atomic mass is 15.3. The molecule has 0 amide bonds. The van der Waals surface area contributed by atoms with Crippen LogP contribution in [-0.4, -0.2) is 16.3 Å². The zero-order valence-corrected chi connectivity index (χ0v) is 11.7.